The maximum atomic E-state index is 17.3. The van der Waals surface area contributed by atoms with Crippen molar-refractivity contribution in [2.75, 3.05) is 32.2 Å². The molecule has 3 heterocycles. The standard InChI is InChI=1S/C47H53F2N6O8P/c1-8-59-41-39-40(51-44(52-41)53-47(34-18-12-9-13-19-34,35-20-14-10-15-21-35)36-24-26-37(58-7)27-25-36)55(30-50-39)43-45(6,48)33(5)46(49,62-43)29-61-64(57,63-38-22-16-11-17-23-38)54-32(4)42(56)60-28-31(2)3/h9-27,30-33,43H,8,28-29H2,1-7H3,(H,54,57)(H,51,52,53)/t32-,33-,43+,45+,46+,64?/m0/s1. The molecule has 0 spiro atoms. The van der Waals surface area contributed by atoms with Crippen LogP contribution >= 0.6 is 7.75 Å². The molecule has 7 rings (SSSR count). The molecule has 14 nitrogen and oxygen atoms in total. The van der Waals surface area contributed by atoms with Crippen LogP contribution in [0.3, 0.4) is 0 Å². The van der Waals surface area contributed by atoms with Gasteiger partial charge in [-0.05, 0) is 67.6 Å². The molecule has 0 bridgehead atoms. The SMILES string of the molecule is CCOc1nc(NC(c2ccccc2)(c2ccccc2)c2ccc(OC)cc2)nc2c1ncn2[C@@H]1O[C@](F)(COP(=O)(N[C@@H](C)C(=O)OCC(C)C)Oc2ccccc2)[C@@H](C)[C@@]1(C)F. The molecule has 0 radical (unpaired) electrons. The molecule has 1 aliphatic rings. The van der Waals surface area contributed by atoms with E-state index in [1.165, 1.54) is 43.8 Å². The van der Waals surface area contributed by atoms with Crippen LogP contribution in [0, 0.1) is 11.8 Å². The number of hydrogen-bond donors (Lipinski definition) is 2. The van der Waals surface area contributed by atoms with E-state index in [-0.39, 0.29) is 47.9 Å². The van der Waals surface area contributed by atoms with Gasteiger partial charge in [-0.25, -0.2) is 18.3 Å². The average molecular weight is 899 g/mol. The summed E-state index contributed by atoms with van der Waals surface area (Å²) < 4.78 is 84.5. The van der Waals surface area contributed by atoms with E-state index in [0.29, 0.717) is 5.75 Å². The summed E-state index contributed by atoms with van der Waals surface area (Å²) in [5.41, 5.74) is -0.798. The second kappa shape index (κ2) is 19.0. The van der Waals surface area contributed by atoms with Crippen LogP contribution in [0.15, 0.2) is 122 Å². The number of rotatable bonds is 19. The van der Waals surface area contributed by atoms with Gasteiger partial charge in [-0.15, -0.1) is 0 Å². The highest BCUT2D eigenvalue weighted by Crippen LogP contribution is 2.55. The number of methoxy groups -OCH3 is 1. The summed E-state index contributed by atoms with van der Waals surface area (Å²) in [7, 11) is -2.97. The van der Waals surface area contributed by atoms with Crippen LogP contribution in [0.25, 0.3) is 11.2 Å². The fourth-order valence-corrected chi connectivity index (χ4v) is 9.03. The number of aromatic nitrogens is 4. The van der Waals surface area contributed by atoms with Crippen LogP contribution in [0.4, 0.5) is 14.7 Å². The number of imidazole rings is 1. The molecule has 17 heteroatoms. The first-order valence-electron chi connectivity index (χ1n) is 21.0. The first kappa shape index (κ1) is 46.1. The first-order valence-corrected chi connectivity index (χ1v) is 22.6. The average Bonchev–Trinajstić information content (AvgIpc) is 3.80. The Kier molecular flexibility index (Phi) is 13.7. The Bertz CT molecular complexity index is 2510. The van der Waals surface area contributed by atoms with Gasteiger partial charge >= 0.3 is 13.7 Å². The van der Waals surface area contributed by atoms with Crippen molar-refractivity contribution in [1.29, 1.82) is 0 Å². The monoisotopic (exact) mass is 898 g/mol. The highest BCUT2D eigenvalue weighted by molar-refractivity contribution is 7.52. The molecule has 1 unspecified atom stereocenters. The molecule has 2 N–H and O–H groups in total. The smallest absolute Gasteiger partial charge is 0.459 e. The number of carbonyl (C=O) groups is 1. The predicted molar refractivity (Wildman–Crippen MR) is 238 cm³/mol. The largest absolute Gasteiger partial charge is 0.497 e. The van der Waals surface area contributed by atoms with E-state index in [2.05, 4.69) is 15.4 Å². The zero-order valence-electron chi connectivity index (χ0n) is 36.7. The summed E-state index contributed by atoms with van der Waals surface area (Å²) in [6, 6.07) is 34.0. The number of alkyl halides is 2. The minimum absolute atomic E-state index is 0.0410. The molecular formula is C47H53F2N6O8P. The van der Waals surface area contributed by atoms with Crippen molar-refractivity contribution < 1.29 is 46.1 Å². The third kappa shape index (κ3) is 9.46. The van der Waals surface area contributed by atoms with Gasteiger partial charge in [0.1, 0.15) is 29.7 Å². The summed E-state index contributed by atoms with van der Waals surface area (Å²) in [5.74, 6) is -4.17. The Labute approximate surface area is 371 Å². The number of benzene rings is 4. The van der Waals surface area contributed by atoms with Crippen LogP contribution in [0.5, 0.6) is 17.4 Å². The van der Waals surface area contributed by atoms with Crippen molar-refractivity contribution in [1.82, 2.24) is 24.6 Å². The van der Waals surface area contributed by atoms with Gasteiger partial charge in [0, 0.05) is 0 Å². The quantitative estimate of drug-likeness (QED) is 0.0451. The van der Waals surface area contributed by atoms with Crippen LogP contribution < -0.4 is 24.4 Å². The molecule has 1 aliphatic heterocycles. The fourth-order valence-electron chi connectivity index (χ4n) is 7.53. The number of carbonyl (C=O) groups excluding carboxylic acids is 1. The van der Waals surface area contributed by atoms with Gasteiger partial charge in [0.05, 0.1) is 32.6 Å². The fraction of sp³-hybridized carbons (Fsp3) is 0.362. The minimum atomic E-state index is -4.57. The molecule has 64 heavy (non-hydrogen) atoms. The first-order chi connectivity index (χ1) is 30.6. The van der Waals surface area contributed by atoms with Crippen molar-refractivity contribution >= 4 is 30.8 Å². The maximum Gasteiger partial charge on any atom is 0.459 e. The molecule has 0 saturated carbocycles. The van der Waals surface area contributed by atoms with E-state index in [0.717, 1.165) is 16.7 Å². The molecule has 338 valence electrons. The number of fused-ring (bicyclic) bond motifs is 1. The van der Waals surface area contributed by atoms with Crippen molar-refractivity contribution in [2.45, 2.75) is 70.9 Å². The number of nitrogens with one attached hydrogen (secondary N) is 2. The number of para-hydroxylation sites is 1. The van der Waals surface area contributed by atoms with Gasteiger partial charge in [-0.2, -0.15) is 15.1 Å². The summed E-state index contributed by atoms with van der Waals surface area (Å²) in [6.07, 6.45) is -0.395. The van der Waals surface area contributed by atoms with Gasteiger partial charge in [-0.3, -0.25) is 13.9 Å². The molecule has 6 atom stereocenters. The van der Waals surface area contributed by atoms with E-state index in [1.54, 1.807) is 32.2 Å². The number of hydrogen-bond acceptors (Lipinski definition) is 12. The number of ether oxygens (including phenoxy) is 4. The maximum absolute atomic E-state index is 17.3. The third-order valence-corrected chi connectivity index (χ3v) is 12.7. The Hall–Kier alpha value is -5.93. The van der Waals surface area contributed by atoms with E-state index in [4.69, 9.17) is 38.0 Å². The van der Waals surface area contributed by atoms with Gasteiger partial charge in [-0.1, -0.05) is 112 Å². The molecule has 2 aromatic heterocycles. The number of nitrogens with zero attached hydrogens (tertiary/aromatic N) is 4. The minimum Gasteiger partial charge on any atom is -0.497 e. The number of halogens is 2. The summed E-state index contributed by atoms with van der Waals surface area (Å²) in [4.78, 5) is 27.0. The lowest BCUT2D eigenvalue weighted by molar-refractivity contribution is -0.188. The molecule has 4 aromatic carbocycles. The lowest BCUT2D eigenvalue weighted by Gasteiger charge is -2.37. The summed E-state index contributed by atoms with van der Waals surface area (Å²) in [5, 5.41) is 6.17. The number of anilines is 1. The molecule has 6 aromatic rings. The van der Waals surface area contributed by atoms with Crippen molar-refractivity contribution in [3.05, 3.63) is 138 Å². The lowest BCUT2D eigenvalue weighted by Crippen LogP contribution is -2.41. The van der Waals surface area contributed by atoms with Crippen LogP contribution in [-0.4, -0.2) is 70.0 Å². The molecule has 1 fully saturated rings. The second-order valence-corrected chi connectivity index (χ2v) is 17.8. The molecular weight excluding hydrogens is 846 g/mol. The van der Waals surface area contributed by atoms with Crippen molar-refractivity contribution in [3.8, 4) is 17.4 Å². The topological polar surface area (TPSA) is 157 Å². The van der Waals surface area contributed by atoms with Gasteiger partial charge in [0.25, 0.3) is 0 Å². The van der Waals surface area contributed by atoms with E-state index >= 15 is 8.78 Å². The number of esters is 1. The third-order valence-electron chi connectivity index (χ3n) is 11.1. The normalized spacial score (nSPS) is 21.3. The zero-order chi connectivity index (χ0) is 45.7. The Balaban J connectivity index is 1.26. The Morgan fingerprint density at radius 1 is 0.891 bits per heavy atom. The molecule has 0 aliphatic carbocycles. The van der Waals surface area contributed by atoms with Crippen molar-refractivity contribution in [2.24, 2.45) is 11.8 Å². The highest BCUT2D eigenvalue weighted by Gasteiger charge is 2.63. The zero-order valence-corrected chi connectivity index (χ0v) is 37.6. The highest BCUT2D eigenvalue weighted by atomic mass is 31.2. The summed E-state index contributed by atoms with van der Waals surface area (Å²) in [6.45, 7) is 8.71. The van der Waals surface area contributed by atoms with Crippen LogP contribution in [0.1, 0.15) is 64.5 Å². The second-order valence-electron chi connectivity index (χ2n) is 16.1. The predicted octanol–water partition coefficient (Wildman–Crippen LogP) is 9.58. The van der Waals surface area contributed by atoms with Crippen LogP contribution in [0.2, 0.25) is 0 Å². The van der Waals surface area contributed by atoms with E-state index in [1.807, 2.05) is 98.8 Å². The van der Waals surface area contributed by atoms with Crippen LogP contribution in [-0.2, 0) is 28.9 Å². The van der Waals surface area contributed by atoms with Gasteiger partial charge < -0.3 is 28.8 Å². The lowest BCUT2D eigenvalue weighted by atomic mass is 9.77. The van der Waals surface area contributed by atoms with Gasteiger partial charge in [0.2, 0.25) is 17.7 Å². The molecule has 1 saturated heterocycles. The van der Waals surface area contributed by atoms with Gasteiger partial charge in [0.15, 0.2) is 23.1 Å². The summed E-state index contributed by atoms with van der Waals surface area (Å²) >= 11 is 0. The molecule has 0 amide bonds. The van der Waals surface area contributed by atoms with E-state index < -0.39 is 55.6 Å². The Morgan fingerprint density at radius 2 is 1.48 bits per heavy atom. The Morgan fingerprint density at radius 3 is 2.06 bits per heavy atom. The van der Waals surface area contributed by atoms with Crippen molar-refractivity contribution in [3.63, 3.8) is 0 Å². The van der Waals surface area contributed by atoms with E-state index in [9.17, 15) is 9.36 Å².